The smallest absolute Gasteiger partial charge is 0.0727 e. The molecule has 2 nitrogen and oxygen atoms in total. The molecule has 0 heterocycles. The number of rotatable bonds is 10. The summed E-state index contributed by atoms with van der Waals surface area (Å²) in [5.74, 6) is 0. The van der Waals surface area contributed by atoms with Crippen LogP contribution in [0.25, 0.3) is 77.9 Å². The Labute approximate surface area is 492 Å². The van der Waals surface area contributed by atoms with Gasteiger partial charge in [-0.3, -0.25) is 0 Å². The highest BCUT2D eigenvalue weighted by Crippen LogP contribution is 2.69. The van der Waals surface area contributed by atoms with Gasteiger partial charge in [-0.25, -0.2) is 0 Å². The van der Waals surface area contributed by atoms with Crippen molar-refractivity contribution < 1.29 is 0 Å². The van der Waals surface area contributed by atoms with Gasteiger partial charge < -0.3 is 9.80 Å². The van der Waals surface area contributed by atoms with Gasteiger partial charge in [0.1, 0.15) is 0 Å². The monoisotopic (exact) mass is 1070 g/mol. The van der Waals surface area contributed by atoms with Crippen LogP contribution in [0.3, 0.4) is 0 Å². The minimum Gasteiger partial charge on any atom is -0.310 e. The van der Waals surface area contributed by atoms with Crippen molar-refractivity contribution in [1.29, 1.82) is 0 Å². The second kappa shape index (κ2) is 19.6. The van der Waals surface area contributed by atoms with Gasteiger partial charge in [-0.1, -0.05) is 275 Å². The molecule has 396 valence electrons. The third-order valence-electron chi connectivity index (χ3n) is 18.2. The standard InChI is InChI=1S/C82H58N2/c1-81(2)70-44-20-17-43-68(70)79-78-69-50-49-63(83(61-37-25-35-59(51-61)55-27-7-3-8-28-55)75-47-23-18-39-64(75)57-31-11-5-12-32-57)53-73(69)82(71-45-21-15-41-66(71)67-42-16-22-46-72(67)82)74(78)54-77(80(79)81)84(62-38-26-36-60(52-62)56-29-9-4-10-30-56)76-48-24-19-40-65(76)58-33-13-6-14-34-58/h3-54H,1-2H3. The Morgan fingerprint density at radius 2 is 0.619 bits per heavy atom. The lowest BCUT2D eigenvalue weighted by Crippen LogP contribution is -2.27. The van der Waals surface area contributed by atoms with Crippen molar-refractivity contribution in [3.63, 3.8) is 0 Å². The zero-order valence-electron chi connectivity index (χ0n) is 46.9. The van der Waals surface area contributed by atoms with E-state index in [1.54, 1.807) is 0 Å². The number of nitrogens with zero attached hydrogens (tertiary/aromatic N) is 2. The fourth-order valence-electron chi connectivity index (χ4n) is 14.7. The summed E-state index contributed by atoms with van der Waals surface area (Å²) in [6, 6.07) is 117. The first kappa shape index (κ1) is 49.3. The molecule has 2 heteroatoms. The average molecular weight is 1070 g/mol. The Morgan fingerprint density at radius 1 is 0.226 bits per heavy atom. The maximum Gasteiger partial charge on any atom is 0.0727 e. The number of benzene rings is 13. The molecule has 0 atom stereocenters. The first-order valence-electron chi connectivity index (χ1n) is 29.3. The third kappa shape index (κ3) is 7.50. The van der Waals surface area contributed by atoms with Gasteiger partial charge in [-0.05, 0) is 155 Å². The average Bonchev–Trinajstić information content (AvgIpc) is 1.52. The highest BCUT2D eigenvalue weighted by Gasteiger charge is 2.55. The predicted molar refractivity (Wildman–Crippen MR) is 351 cm³/mol. The van der Waals surface area contributed by atoms with Crippen LogP contribution < -0.4 is 9.80 Å². The number of para-hydroxylation sites is 2. The zero-order valence-corrected chi connectivity index (χ0v) is 46.9. The van der Waals surface area contributed by atoms with Gasteiger partial charge in [0.2, 0.25) is 0 Å². The quantitative estimate of drug-likeness (QED) is 0.135. The minimum absolute atomic E-state index is 0.406. The molecular formula is C82H58N2. The summed E-state index contributed by atoms with van der Waals surface area (Å²) < 4.78 is 0. The van der Waals surface area contributed by atoms with E-state index in [9.17, 15) is 0 Å². The molecule has 0 saturated heterocycles. The van der Waals surface area contributed by atoms with Crippen LogP contribution in [0.4, 0.5) is 34.1 Å². The molecule has 0 fully saturated rings. The Bertz CT molecular complexity index is 4650. The SMILES string of the molecule is CC1(C)c2ccccc2-c2c3c(cc(N(c4cccc(-c5ccccc5)c4)c4ccccc4-c4ccccc4)c21)C1(c2ccccc2-c2ccccc21)c1cc(N(c2cccc(-c4ccccc4)c2)c2ccccc2-c2ccccc2)ccc1-3. The van der Waals surface area contributed by atoms with E-state index < -0.39 is 10.8 Å². The van der Waals surface area contributed by atoms with Gasteiger partial charge in [0, 0.05) is 33.6 Å². The van der Waals surface area contributed by atoms with E-state index in [0.717, 1.165) is 50.7 Å². The van der Waals surface area contributed by atoms with Crippen LogP contribution in [0.1, 0.15) is 47.2 Å². The summed E-state index contributed by atoms with van der Waals surface area (Å²) in [6.45, 7) is 4.91. The molecule has 13 aromatic carbocycles. The summed E-state index contributed by atoms with van der Waals surface area (Å²) >= 11 is 0. The largest absolute Gasteiger partial charge is 0.310 e. The highest BCUT2D eigenvalue weighted by molar-refractivity contribution is 6.08. The molecule has 0 aromatic heterocycles. The van der Waals surface area contributed by atoms with Gasteiger partial charge >= 0.3 is 0 Å². The van der Waals surface area contributed by atoms with E-state index >= 15 is 0 Å². The molecule has 0 radical (unpaired) electrons. The van der Waals surface area contributed by atoms with E-state index in [1.807, 2.05) is 0 Å². The van der Waals surface area contributed by atoms with E-state index in [2.05, 4.69) is 339 Å². The van der Waals surface area contributed by atoms with Crippen molar-refractivity contribution >= 4 is 34.1 Å². The molecule has 13 aromatic rings. The zero-order chi connectivity index (χ0) is 55.9. The maximum atomic E-state index is 2.64. The molecule has 3 aliphatic carbocycles. The fraction of sp³-hybridized carbons (Fsp3) is 0.0488. The van der Waals surface area contributed by atoms with Crippen LogP contribution in [0.2, 0.25) is 0 Å². The summed E-state index contributed by atoms with van der Waals surface area (Å²) in [5, 5.41) is 0. The van der Waals surface area contributed by atoms with Crippen molar-refractivity contribution in [1.82, 2.24) is 0 Å². The molecule has 0 bridgehead atoms. The number of hydrogen-bond acceptors (Lipinski definition) is 2. The molecule has 0 unspecified atom stereocenters. The summed E-state index contributed by atoms with van der Waals surface area (Å²) in [4.78, 5) is 5.12. The number of hydrogen-bond donors (Lipinski definition) is 0. The predicted octanol–water partition coefficient (Wildman–Crippen LogP) is 21.9. The Balaban J connectivity index is 1.03. The van der Waals surface area contributed by atoms with Crippen molar-refractivity contribution in [3.05, 3.63) is 349 Å². The molecule has 0 aliphatic heterocycles. The van der Waals surface area contributed by atoms with Crippen molar-refractivity contribution in [2.45, 2.75) is 24.7 Å². The van der Waals surface area contributed by atoms with Crippen LogP contribution in [-0.2, 0) is 10.8 Å². The van der Waals surface area contributed by atoms with Crippen LogP contribution in [0.5, 0.6) is 0 Å². The van der Waals surface area contributed by atoms with Crippen molar-refractivity contribution in [3.8, 4) is 77.9 Å². The Hall–Kier alpha value is -10.5. The molecule has 84 heavy (non-hydrogen) atoms. The normalized spacial score (nSPS) is 13.3. The lowest BCUT2D eigenvalue weighted by atomic mass is 9.69. The van der Waals surface area contributed by atoms with Crippen molar-refractivity contribution in [2.24, 2.45) is 0 Å². The van der Waals surface area contributed by atoms with Gasteiger partial charge in [0.15, 0.2) is 0 Å². The Kier molecular flexibility index (Phi) is 11.5. The lowest BCUT2D eigenvalue weighted by molar-refractivity contribution is 0.660. The molecule has 0 N–H and O–H groups in total. The van der Waals surface area contributed by atoms with E-state index in [0.29, 0.717) is 0 Å². The van der Waals surface area contributed by atoms with Gasteiger partial charge in [-0.15, -0.1) is 0 Å². The molecular weight excluding hydrogens is 1010 g/mol. The molecule has 16 rings (SSSR count). The van der Waals surface area contributed by atoms with E-state index in [1.165, 1.54) is 94.7 Å². The highest BCUT2D eigenvalue weighted by atomic mass is 15.2. The van der Waals surface area contributed by atoms with Gasteiger partial charge in [-0.2, -0.15) is 0 Å². The number of anilines is 6. The minimum atomic E-state index is -0.730. The molecule has 1 spiro atoms. The van der Waals surface area contributed by atoms with Gasteiger partial charge in [0.25, 0.3) is 0 Å². The summed E-state index contributed by atoms with van der Waals surface area (Å²) in [7, 11) is 0. The van der Waals surface area contributed by atoms with Crippen molar-refractivity contribution in [2.75, 3.05) is 9.80 Å². The summed E-state index contributed by atoms with van der Waals surface area (Å²) in [6.07, 6.45) is 0. The van der Waals surface area contributed by atoms with Crippen LogP contribution in [0.15, 0.2) is 315 Å². The summed E-state index contributed by atoms with van der Waals surface area (Å²) in [5.41, 5.74) is 30.4. The van der Waals surface area contributed by atoms with Crippen LogP contribution in [0, 0.1) is 0 Å². The topological polar surface area (TPSA) is 6.48 Å². The van der Waals surface area contributed by atoms with E-state index in [4.69, 9.17) is 0 Å². The second-order valence-electron chi connectivity index (χ2n) is 23.1. The van der Waals surface area contributed by atoms with E-state index in [-0.39, 0.29) is 0 Å². The first-order valence-corrected chi connectivity index (χ1v) is 29.3. The fourth-order valence-corrected chi connectivity index (χ4v) is 14.7. The van der Waals surface area contributed by atoms with Crippen LogP contribution >= 0.6 is 0 Å². The van der Waals surface area contributed by atoms with Crippen LogP contribution in [-0.4, -0.2) is 0 Å². The molecule has 0 saturated carbocycles. The van der Waals surface area contributed by atoms with Gasteiger partial charge in [0.05, 0.1) is 22.5 Å². The third-order valence-corrected chi connectivity index (χ3v) is 18.2. The first-order chi connectivity index (χ1) is 41.5. The lowest BCUT2D eigenvalue weighted by Gasteiger charge is -2.36. The molecule has 3 aliphatic rings. The Morgan fingerprint density at radius 3 is 1.15 bits per heavy atom. The maximum absolute atomic E-state index is 2.64. The number of fused-ring (bicyclic) bond motifs is 14. The second-order valence-corrected chi connectivity index (χ2v) is 23.1. The molecule has 0 amide bonds.